The van der Waals surface area contributed by atoms with Gasteiger partial charge in [0, 0.05) is 12.7 Å². The van der Waals surface area contributed by atoms with Gasteiger partial charge in [-0.05, 0) is 26.0 Å². The van der Waals surface area contributed by atoms with Gasteiger partial charge >= 0.3 is 5.69 Å². The summed E-state index contributed by atoms with van der Waals surface area (Å²) in [5.74, 6) is 0.321. The summed E-state index contributed by atoms with van der Waals surface area (Å²) in [6, 6.07) is 5.27. The standard InChI is InChI=1S/C11H11N5O2/c1-3-15-11(10(16(17)18)8(2)13-15)14-6-4-5-9(14)7-12/h4-6H,3H2,1-2H3. The van der Waals surface area contributed by atoms with Crippen LogP contribution >= 0.6 is 0 Å². The van der Waals surface area contributed by atoms with Crippen molar-refractivity contribution in [1.82, 2.24) is 14.3 Å². The van der Waals surface area contributed by atoms with Crippen molar-refractivity contribution in [2.75, 3.05) is 0 Å². The molecule has 2 rings (SSSR count). The van der Waals surface area contributed by atoms with E-state index in [2.05, 4.69) is 5.10 Å². The molecule has 0 aliphatic carbocycles. The normalized spacial score (nSPS) is 10.3. The summed E-state index contributed by atoms with van der Waals surface area (Å²) in [5.41, 5.74) is 0.617. The second-order valence-electron chi connectivity index (χ2n) is 3.71. The molecule has 0 bridgehead atoms. The molecule has 2 aromatic rings. The molecule has 0 saturated carbocycles. The number of hydrogen-bond acceptors (Lipinski definition) is 4. The Kier molecular flexibility index (Phi) is 2.85. The van der Waals surface area contributed by atoms with Gasteiger partial charge in [0.1, 0.15) is 17.5 Å². The van der Waals surface area contributed by atoms with Gasteiger partial charge in [0.25, 0.3) is 0 Å². The SMILES string of the molecule is CCn1nc(C)c([N+](=O)[O-])c1-n1cccc1C#N. The molecular formula is C11H11N5O2. The van der Waals surface area contributed by atoms with Gasteiger partial charge in [-0.25, -0.2) is 4.68 Å². The van der Waals surface area contributed by atoms with Crippen LogP contribution in [0.2, 0.25) is 0 Å². The van der Waals surface area contributed by atoms with Crippen molar-refractivity contribution in [1.29, 1.82) is 5.26 Å². The largest absolute Gasteiger partial charge is 0.334 e. The maximum Gasteiger partial charge on any atom is 0.334 e. The lowest BCUT2D eigenvalue weighted by Crippen LogP contribution is -2.08. The van der Waals surface area contributed by atoms with Gasteiger partial charge in [0.2, 0.25) is 5.82 Å². The van der Waals surface area contributed by atoms with Crippen LogP contribution in [-0.4, -0.2) is 19.3 Å². The minimum absolute atomic E-state index is 0.0652. The van der Waals surface area contributed by atoms with E-state index in [0.717, 1.165) is 0 Å². The second kappa shape index (κ2) is 4.33. The molecule has 7 nitrogen and oxygen atoms in total. The number of nitro groups is 1. The first-order valence-corrected chi connectivity index (χ1v) is 5.39. The highest BCUT2D eigenvalue weighted by Crippen LogP contribution is 2.27. The lowest BCUT2D eigenvalue weighted by Gasteiger charge is -2.06. The Morgan fingerprint density at radius 1 is 1.61 bits per heavy atom. The molecule has 0 atom stereocenters. The summed E-state index contributed by atoms with van der Waals surface area (Å²) in [4.78, 5) is 10.7. The molecule has 18 heavy (non-hydrogen) atoms. The molecule has 0 unspecified atom stereocenters. The van der Waals surface area contributed by atoms with Gasteiger partial charge in [0.15, 0.2) is 0 Å². The van der Waals surface area contributed by atoms with E-state index < -0.39 is 4.92 Å². The molecule has 7 heteroatoms. The zero-order valence-electron chi connectivity index (χ0n) is 9.99. The van der Waals surface area contributed by atoms with Crippen molar-refractivity contribution in [2.45, 2.75) is 20.4 Å². The van der Waals surface area contributed by atoms with Crippen molar-refractivity contribution in [3.05, 3.63) is 39.8 Å². The van der Waals surface area contributed by atoms with Crippen LogP contribution in [0.25, 0.3) is 5.82 Å². The molecule has 2 aromatic heterocycles. The van der Waals surface area contributed by atoms with Gasteiger partial charge in [-0.1, -0.05) is 0 Å². The zero-order chi connectivity index (χ0) is 13.3. The van der Waals surface area contributed by atoms with Crippen LogP contribution in [0.3, 0.4) is 0 Å². The Hall–Kier alpha value is -2.62. The maximum atomic E-state index is 11.1. The fraction of sp³-hybridized carbons (Fsp3) is 0.273. The highest BCUT2D eigenvalue weighted by Gasteiger charge is 2.27. The van der Waals surface area contributed by atoms with Crippen molar-refractivity contribution < 1.29 is 4.92 Å². The van der Waals surface area contributed by atoms with Crippen LogP contribution in [-0.2, 0) is 6.54 Å². The first kappa shape index (κ1) is 11.9. The highest BCUT2D eigenvalue weighted by molar-refractivity contribution is 5.53. The molecule has 0 aromatic carbocycles. The quantitative estimate of drug-likeness (QED) is 0.608. The highest BCUT2D eigenvalue weighted by atomic mass is 16.6. The molecule has 0 spiro atoms. The van der Waals surface area contributed by atoms with Gasteiger partial charge < -0.3 is 0 Å². The molecule has 0 aliphatic heterocycles. The molecule has 0 fully saturated rings. The predicted octanol–water partition coefficient (Wildman–Crippen LogP) is 1.78. The average Bonchev–Trinajstić information content (AvgIpc) is 2.91. The minimum Gasteiger partial charge on any atom is -0.287 e. The number of nitrogens with zero attached hydrogens (tertiary/aromatic N) is 5. The fourth-order valence-corrected chi connectivity index (χ4v) is 1.89. The van der Waals surface area contributed by atoms with Crippen molar-refractivity contribution >= 4 is 5.69 Å². The lowest BCUT2D eigenvalue weighted by molar-refractivity contribution is -0.385. The number of hydrogen-bond donors (Lipinski definition) is 0. The van der Waals surface area contributed by atoms with E-state index in [0.29, 0.717) is 23.8 Å². The smallest absolute Gasteiger partial charge is 0.287 e. The molecule has 0 N–H and O–H groups in total. The van der Waals surface area contributed by atoms with Crippen LogP contribution in [0.4, 0.5) is 5.69 Å². The van der Waals surface area contributed by atoms with Crippen molar-refractivity contribution in [2.24, 2.45) is 0 Å². The van der Waals surface area contributed by atoms with Gasteiger partial charge in [-0.3, -0.25) is 14.7 Å². The third-order valence-electron chi connectivity index (χ3n) is 2.64. The van der Waals surface area contributed by atoms with Gasteiger partial charge in [-0.15, -0.1) is 0 Å². The molecule has 0 radical (unpaired) electrons. The summed E-state index contributed by atoms with van der Waals surface area (Å²) >= 11 is 0. The Morgan fingerprint density at radius 2 is 2.33 bits per heavy atom. The van der Waals surface area contributed by atoms with Crippen LogP contribution in [0, 0.1) is 28.4 Å². The molecular weight excluding hydrogens is 234 g/mol. The van der Waals surface area contributed by atoms with E-state index >= 15 is 0 Å². The average molecular weight is 245 g/mol. The molecule has 0 amide bonds. The van der Waals surface area contributed by atoms with E-state index in [4.69, 9.17) is 5.26 Å². The van der Waals surface area contributed by atoms with Crippen molar-refractivity contribution in [3.63, 3.8) is 0 Å². The second-order valence-corrected chi connectivity index (χ2v) is 3.71. The van der Waals surface area contributed by atoms with E-state index in [1.165, 1.54) is 9.25 Å². The minimum atomic E-state index is -0.467. The van der Waals surface area contributed by atoms with Crippen LogP contribution in [0.1, 0.15) is 18.3 Å². The third kappa shape index (κ3) is 1.64. The van der Waals surface area contributed by atoms with Crippen LogP contribution in [0.15, 0.2) is 18.3 Å². The molecule has 92 valence electrons. The van der Waals surface area contributed by atoms with E-state index in [-0.39, 0.29) is 5.69 Å². The Labute approximate surface area is 103 Å². The first-order chi connectivity index (χ1) is 8.60. The number of aromatic nitrogens is 3. The summed E-state index contributed by atoms with van der Waals surface area (Å²) in [6.07, 6.45) is 1.62. The fourth-order valence-electron chi connectivity index (χ4n) is 1.89. The van der Waals surface area contributed by atoms with Crippen LogP contribution < -0.4 is 0 Å². The van der Waals surface area contributed by atoms with E-state index in [1.54, 1.807) is 25.3 Å². The predicted molar refractivity (Wildman–Crippen MR) is 63.3 cm³/mol. The topological polar surface area (TPSA) is 89.7 Å². The summed E-state index contributed by atoms with van der Waals surface area (Å²) < 4.78 is 3.01. The maximum absolute atomic E-state index is 11.1. The Morgan fingerprint density at radius 3 is 2.89 bits per heavy atom. The molecule has 0 aliphatic rings. The van der Waals surface area contributed by atoms with E-state index in [1.807, 2.05) is 13.0 Å². The van der Waals surface area contributed by atoms with Gasteiger partial charge in [0.05, 0.1) is 4.92 Å². The molecule has 2 heterocycles. The number of nitriles is 1. The number of rotatable bonds is 3. The summed E-state index contributed by atoms with van der Waals surface area (Å²) in [7, 11) is 0. The van der Waals surface area contributed by atoms with Gasteiger partial charge in [-0.2, -0.15) is 10.4 Å². The zero-order valence-corrected chi connectivity index (χ0v) is 9.99. The summed E-state index contributed by atoms with van der Waals surface area (Å²) in [6.45, 7) is 3.92. The van der Waals surface area contributed by atoms with E-state index in [9.17, 15) is 10.1 Å². The Balaban J connectivity index is 2.77. The summed E-state index contributed by atoms with van der Waals surface area (Å²) in [5, 5.41) is 24.2. The molecule has 0 saturated heterocycles. The Bertz CT molecular complexity index is 647. The number of aryl methyl sites for hydroxylation is 2. The van der Waals surface area contributed by atoms with Crippen molar-refractivity contribution in [3.8, 4) is 11.9 Å². The first-order valence-electron chi connectivity index (χ1n) is 5.39. The van der Waals surface area contributed by atoms with Crippen LogP contribution in [0.5, 0.6) is 0 Å². The lowest BCUT2D eigenvalue weighted by atomic mass is 10.3. The monoisotopic (exact) mass is 245 g/mol. The third-order valence-corrected chi connectivity index (χ3v) is 2.64.